The van der Waals surface area contributed by atoms with E-state index in [4.69, 9.17) is 0 Å². The van der Waals surface area contributed by atoms with Crippen LogP contribution in [0.25, 0.3) is 11.1 Å². The lowest BCUT2D eigenvalue weighted by molar-refractivity contribution is 0.475. The summed E-state index contributed by atoms with van der Waals surface area (Å²) in [6.45, 7) is 6.38. The van der Waals surface area contributed by atoms with Crippen molar-refractivity contribution in [1.82, 2.24) is 0 Å². The monoisotopic (exact) mass is 226 g/mol. The summed E-state index contributed by atoms with van der Waals surface area (Å²) in [6, 6.07) is 14.1. The molecule has 0 saturated carbocycles. The summed E-state index contributed by atoms with van der Waals surface area (Å²) in [5.41, 5.74) is 4.70. The molecule has 0 unspecified atom stereocenters. The summed E-state index contributed by atoms with van der Waals surface area (Å²) in [5, 5.41) is 9.68. The van der Waals surface area contributed by atoms with Crippen LogP contribution in [0, 0.1) is 6.92 Å². The van der Waals surface area contributed by atoms with Crippen LogP contribution in [0.3, 0.4) is 0 Å². The predicted molar refractivity (Wildman–Crippen MR) is 72.4 cm³/mol. The normalized spacial score (nSPS) is 10.8. The minimum absolute atomic E-state index is 0.332. The van der Waals surface area contributed by atoms with Gasteiger partial charge in [0.25, 0.3) is 0 Å². The van der Waals surface area contributed by atoms with Gasteiger partial charge in [-0.3, -0.25) is 0 Å². The summed E-state index contributed by atoms with van der Waals surface area (Å²) in [5.74, 6) is 0.812. The second kappa shape index (κ2) is 4.62. The molecule has 1 heteroatoms. The van der Waals surface area contributed by atoms with Crippen molar-refractivity contribution in [3.8, 4) is 16.9 Å². The van der Waals surface area contributed by atoms with E-state index in [1.165, 1.54) is 11.1 Å². The van der Waals surface area contributed by atoms with E-state index in [1.807, 2.05) is 19.1 Å². The Morgan fingerprint density at radius 3 is 2.35 bits per heavy atom. The van der Waals surface area contributed by atoms with Crippen LogP contribution in [0.5, 0.6) is 5.75 Å². The van der Waals surface area contributed by atoms with Crippen molar-refractivity contribution >= 4 is 0 Å². The van der Waals surface area contributed by atoms with Crippen molar-refractivity contribution in [3.05, 3.63) is 53.6 Å². The summed E-state index contributed by atoms with van der Waals surface area (Å²) in [6.07, 6.45) is 0. The van der Waals surface area contributed by atoms with E-state index in [1.54, 1.807) is 6.07 Å². The number of rotatable bonds is 2. The standard InChI is InChI=1S/C16H18O/c1-11(2)15-6-4-5-7-16(15)13-8-12(3)9-14(17)10-13/h4-11,17H,1-3H3. The Morgan fingerprint density at radius 1 is 1.00 bits per heavy atom. The molecular formula is C16H18O. The van der Waals surface area contributed by atoms with Crippen molar-refractivity contribution in [1.29, 1.82) is 0 Å². The van der Waals surface area contributed by atoms with E-state index in [-0.39, 0.29) is 0 Å². The Bertz CT molecular complexity index is 507. The van der Waals surface area contributed by atoms with Gasteiger partial charge < -0.3 is 5.11 Å². The number of hydrogen-bond donors (Lipinski definition) is 1. The molecule has 0 bridgehead atoms. The Kier molecular flexibility index (Phi) is 3.19. The van der Waals surface area contributed by atoms with Gasteiger partial charge in [0.15, 0.2) is 0 Å². The molecule has 1 nitrogen and oxygen atoms in total. The van der Waals surface area contributed by atoms with Gasteiger partial charge in [-0.25, -0.2) is 0 Å². The summed E-state index contributed by atoms with van der Waals surface area (Å²) < 4.78 is 0. The first kappa shape index (κ1) is 11.7. The van der Waals surface area contributed by atoms with Crippen LogP contribution < -0.4 is 0 Å². The van der Waals surface area contributed by atoms with Gasteiger partial charge in [0.2, 0.25) is 0 Å². The van der Waals surface area contributed by atoms with E-state index in [9.17, 15) is 5.11 Å². The molecular weight excluding hydrogens is 208 g/mol. The largest absolute Gasteiger partial charge is 0.508 e. The Balaban J connectivity index is 2.60. The zero-order valence-electron chi connectivity index (χ0n) is 10.6. The van der Waals surface area contributed by atoms with E-state index in [0.717, 1.165) is 11.1 Å². The van der Waals surface area contributed by atoms with Crippen LogP contribution in [0.15, 0.2) is 42.5 Å². The number of phenols is 1. The smallest absolute Gasteiger partial charge is 0.116 e. The van der Waals surface area contributed by atoms with Gasteiger partial charge >= 0.3 is 0 Å². The van der Waals surface area contributed by atoms with Crippen molar-refractivity contribution in [2.75, 3.05) is 0 Å². The van der Waals surface area contributed by atoms with Gasteiger partial charge in [0.1, 0.15) is 5.75 Å². The average Bonchev–Trinajstić information content (AvgIpc) is 2.27. The van der Waals surface area contributed by atoms with E-state index >= 15 is 0 Å². The third-order valence-electron chi connectivity index (χ3n) is 2.96. The highest BCUT2D eigenvalue weighted by Gasteiger charge is 2.08. The lowest BCUT2D eigenvalue weighted by Crippen LogP contribution is -1.92. The maximum atomic E-state index is 9.68. The van der Waals surface area contributed by atoms with Gasteiger partial charge in [-0.15, -0.1) is 0 Å². The molecule has 0 saturated heterocycles. The Morgan fingerprint density at radius 2 is 1.71 bits per heavy atom. The number of aromatic hydroxyl groups is 1. The van der Waals surface area contributed by atoms with Crippen LogP contribution in [0.4, 0.5) is 0 Å². The molecule has 0 aliphatic heterocycles. The molecule has 0 heterocycles. The zero-order chi connectivity index (χ0) is 12.4. The summed E-state index contributed by atoms with van der Waals surface area (Å²) in [4.78, 5) is 0. The highest BCUT2D eigenvalue weighted by Crippen LogP contribution is 2.31. The minimum Gasteiger partial charge on any atom is -0.508 e. The summed E-state index contributed by atoms with van der Waals surface area (Å²) in [7, 11) is 0. The number of benzene rings is 2. The molecule has 1 N–H and O–H groups in total. The molecule has 0 atom stereocenters. The van der Waals surface area contributed by atoms with Gasteiger partial charge in [0, 0.05) is 0 Å². The van der Waals surface area contributed by atoms with E-state index in [0.29, 0.717) is 11.7 Å². The van der Waals surface area contributed by atoms with Crippen LogP contribution in [0.1, 0.15) is 30.9 Å². The van der Waals surface area contributed by atoms with Crippen molar-refractivity contribution in [3.63, 3.8) is 0 Å². The third-order valence-corrected chi connectivity index (χ3v) is 2.96. The van der Waals surface area contributed by atoms with Crippen molar-refractivity contribution in [2.45, 2.75) is 26.7 Å². The fourth-order valence-electron chi connectivity index (χ4n) is 2.18. The van der Waals surface area contributed by atoms with Gasteiger partial charge in [0.05, 0.1) is 0 Å². The number of hydrogen-bond acceptors (Lipinski definition) is 1. The molecule has 0 fully saturated rings. The van der Waals surface area contributed by atoms with Crippen LogP contribution >= 0.6 is 0 Å². The Hall–Kier alpha value is -1.76. The lowest BCUT2D eigenvalue weighted by Gasteiger charge is -2.13. The first-order valence-electron chi connectivity index (χ1n) is 5.98. The maximum absolute atomic E-state index is 9.68. The van der Waals surface area contributed by atoms with Crippen LogP contribution in [0.2, 0.25) is 0 Å². The quantitative estimate of drug-likeness (QED) is 0.799. The molecule has 88 valence electrons. The molecule has 2 aromatic carbocycles. The first-order chi connectivity index (χ1) is 8.08. The fourth-order valence-corrected chi connectivity index (χ4v) is 2.18. The van der Waals surface area contributed by atoms with Gasteiger partial charge in [-0.2, -0.15) is 0 Å². The molecule has 2 aromatic rings. The van der Waals surface area contributed by atoms with Crippen molar-refractivity contribution in [2.24, 2.45) is 0 Å². The fraction of sp³-hybridized carbons (Fsp3) is 0.250. The third kappa shape index (κ3) is 2.50. The van der Waals surface area contributed by atoms with Crippen molar-refractivity contribution < 1.29 is 5.11 Å². The molecule has 0 aliphatic carbocycles. The predicted octanol–water partition coefficient (Wildman–Crippen LogP) is 4.49. The average molecular weight is 226 g/mol. The highest BCUT2D eigenvalue weighted by atomic mass is 16.3. The summed E-state index contributed by atoms with van der Waals surface area (Å²) >= 11 is 0. The SMILES string of the molecule is Cc1cc(O)cc(-c2ccccc2C(C)C)c1. The molecule has 0 amide bonds. The van der Waals surface area contributed by atoms with E-state index in [2.05, 4.69) is 38.1 Å². The molecule has 0 aromatic heterocycles. The topological polar surface area (TPSA) is 20.2 Å². The lowest BCUT2D eigenvalue weighted by atomic mass is 9.92. The van der Waals surface area contributed by atoms with E-state index < -0.39 is 0 Å². The van der Waals surface area contributed by atoms with Crippen LogP contribution in [-0.4, -0.2) is 5.11 Å². The maximum Gasteiger partial charge on any atom is 0.116 e. The molecule has 2 rings (SSSR count). The minimum atomic E-state index is 0.332. The van der Waals surface area contributed by atoms with Gasteiger partial charge in [-0.05, 0) is 47.2 Å². The molecule has 17 heavy (non-hydrogen) atoms. The number of aryl methyl sites for hydroxylation is 1. The number of phenolic OH excluding ortho intramolecular Hbond substituents is 1. The second-order valence-electron chi connectivity index (χ2n) is 4.80. The van der Waals surface area contributed by atoms with Crippen LogP contribution in [-0.2, 0) is 0 Å². The molecule has 0 spiro atoms. The second-order valence-corrected chi connectivity index (χ2v) is 4.80. The molecule has 0 aliphatic rings. The highest BCUT2D eigenvalue weighted by molar-refractivity contribution is 5.70. The zero-order valence-corrected chi connectivity index (χ0v) is 10.6. The first-order valence-corrected chi connectivity index (χ1v) is 5.98. The van der Waals surface area contributed by atoms with Gasteiger partial charge in [-0.1, -0.05) is 44.2 Å². The Labute approximate surface area is 103 Å². The molecule has 0 radical (unpaired) electrons.